The molecule has 14 heavy (non-hydrogen) atoms. The summed E-state index contributed by atoms with van der Waals surface area (Å²) in [5.74, 6) is 0.577. The Morgan fingerprint density at radius 1 is 1.50 bits per heavy atom. The second kappa shape index (κ2) is 4.83. The number of aromatic hydroxyl groups is 1. The van der Waals surface area contributed by atoms with E-state index in [9.17, 15) is 5.11 Å². The van der Waals surface area contributed by atoms with Gasteiger partial charge in [0.25, 0.3) is 0 Å². The average molecular weight is 197 g/mol. The monoisotopic (exact) mass is 197 g/mol. The molecule has 0 aliphatic rings. The first-order valence-corrected chi connectivity index (χ1v) is 4.43. The molecule has 0 bridgehead atoms. The first kappa shape index (κ1) is 10.8. The van der Waals surface area contributed by atoms with Gasteiger partial charge in [0.1, 0.15) is 0 Å². The van der Waals surface area contributed by atoms with Crippen LogP contribution < -0.4 is 10.2 Å². The average Bonchev–Trinajstić information content (AvgIpc) is 2.20. The molecule has 0 aromatic heterocycles. The van der Waals surface area contributed by atoms with Gasteiger partial charge in [0.15, 0.2) is 11.5 Å². The largest absolute Gasteiger partial charge is 0.504 e. The highest BCUT2D eigenvalue weighted by Gasteiger charge is 2.05. The van der Waals surface area contributed by atoms with Gasteiger partial charge in [-0.1, -0.05) is 6.07 Å². The molecule has 3 N–H and O–H groups in total. The van der Waals surface area contributed by atoms with E-state index in [4.69, 9.17) is 9.94 Å². The van der Waals surface area contributed by atoms with Gasteiger partial charge in [0.2, 0.25) is 0 Å². The summed E-state index contributed by atoms with van der Waals surface area (Å²) < 4.78 is 4.97. The molecule has 0 saturated heterocycles. The van der Waals surface area contributed by atoms with Crippen molar-refractivity contribution in [1.29, 1.82) is 0 Å². The molecular formula is C10H15NO3. The van der Waals surface area contributed by atoms with E-state index in [-0.39, 0.29) is 11.8 Å². The molecule has 0 spiro atoms. The third kappa shape index (κ3) is 2.61. The summed E-state index contributed by atoms with van der Waals surface area (Å²) in [7, 11) is 1.51. The molecule has 1 aromatic rings. The van der Waals surface area contributed by atoms with Crippen LogP contribution in [0.4, 0.5) is 0 Å². The highest BCUT2D eigenvalue weighted by molar-refractivity contribution is 5.41. The Bertz CT molecular complexity index is 301. The van der Waals surface area contributed by atoms with Crippen LogP contribution in [0.3, 0.4) is 0 Å². The zero-order valence-electron chi connectivity index (χ0n) is 8.32. The van der Waals surface area contributed by atoms with Crippen LogP contribution in [0.1, 0.15) is 12.5 Å². The van der Waals surface area contributed by atoms with Crippen molar-refractivity contribution in [3.8, 4) is 11.5 Å². The fourth-order valence-electron chi connectivity index (χ4n) is 1.25. The molecule has 1 rings (SSSR count). The van der Waals surface area contributed by atoms with Crippen LogP contribution in [-0.2, 0) is 6.42 Å². The fourth-order valence-corrected chi connectivity index (χ4v) is 1.25. The number of phenolic OH excluding ortho intramolecular Hbond substituents is 1. The van der Waals surface area contributed by atoms with Gasteiger partial charge in [-0.15, -0.1) is 0 Å². The quantitative estimate of drug-likeness (QED) is 0.637. The molecule has 0 amide bonds. The van der Waals surface area contributed by atoms with Crippen molar-refractivity contribution in [2.24, 2.45) is 0 Å². The Morgan fingerprint density at radius 3 is 2.79 bits per heavy atom. The number of hydroxylamine groups is 1. The van der Waals surface area contributed by atoms with E-state index >= 15 is 0 Å². The van der Waals surface area contributed by atoms with Gasteiger partial charge >= 0.3 is 0 Å². The van der Waals surface area contributed by atoms with Gasteiger partial charge in [-0.2, -0.15) is 0 Å². The van der Waals surface area contributed by atoms with E-state index < -0.39 is 0 Å². The smallest absolute Gasteiger partial charge is 0.160 e. The predicted molar refractivity (Wildman–Crippen MR) is 52.7 cm³/mol. The number of hydrogen-bond donors (Lipinski definition) is 3. The van der Waals surface area contributed by atoms with Crippen molar-refractivity contribution in [2.75, 3.05) is 7.11 Å². The number of methoxy groups -OCH3 is 1. The van der Waals surface area contributed by atoms with E-state index in [1.807, 2.05) is 6.92 Å². The number of phenols is 1. The van der Waals surface area contributed by atoms with Crippen molar-refractivity contribution in [1.82, 2.24) is 5.48 Å². The minimum absolute atomic E-state index is 0.0238. The summed E-state index contributed by atoms with van der Waals surface area (Å²) in [6, 6.07) is 5.11. The second-order valence-corrected chi connectivity index (χ2v) is 3.24. The molecule has 0 aliphatic carbocycles. The highest BCUT2D eigenvalue weighted by atomic mass is 16.5. The number of ether oxygens (including phenoxy) is 1. The number of rotatable bonds is 4. The maximum atomic E-state index is 9.34. The zero-order chi connectivity index (χ0) is 10.6. The van der Waals surface area contributed by atoms with Gasteiger partial charge < -0.3 is 15.1 Å². The minimum atomic E-state index is -0.0238. The SMILES string of the molecule is COc1cc(CC(C)NO)ccc1O. The molecule has 0 fully saturated rings. The molecule has 4 nitrogen and oxygen atoms in total. The van der Waals surface area contributed by atoms with Gasteiger partial charge in [-0.05, 0) is 31.0 Å². The molecular weight excluding hydrogens is 182 g/mol. The van der Waals surface area contributed by atoms with E-state index in [0.717, 1.165) is 5.56 Å². The normalized spacial score (nSPS) is 12.5. The summed E-state index contributed by atoms with van der Waals surface area (Å²) in [5.41, 5.74) is 3.16. The molecule has 0 heterocycles. The second-order valence-electron chi connectivity index (χ2n) is 3.24. The van der Waals surface area contributed by atoms with Crippen LogP contribution in [0.25, 0.3) is 0 Å². The maximum absolute atomic E-state index is 9.34. The molecule has 78 valence electrons. The molecule has 0 radical (unpaired) electrons. The summed E-state index contributed by atoms with van der Waals surface area (Å²) in [6.07, 6.45) is 0.674. The summed E-state index contributed by atoms with van der Waals surface area (Å²) in [4.78, 5) is 0. The number of benzene rings is 1. The van der Waals surface area contributed by atoms with Gasteiger partial charge in [-0.3, -0.25) is 0 Å². The van der Waals surface area contributed by atoms with Crippen LogP contribution in [-0.4, -0.2) is 23.5 Å². The van der Waals surface area contributed by atoms with Gasteiger partial charge in [-0.25, -0.2) is 5.48 Å². The van der Waals surface area contributed by atoms with Crippen LogP contribution in [0.5, 0.6) is 11.5 Å². The van der Waals surface area contributed by atoms with Crippen molar-refractivity contribution < 1.29 is 15.1 Å². The summed E-state index contributed by atoms with van der Waals surface area (Å²) >= 11 is 0. The number of hydrogen-bond acceptors (Lipinski definition) is 4. The molecule has 0 saturated carbocycles. The van der Waals surface area contributed by atoms with Crippen LogP contribution >= 0.6 is 0 Å². The Balaban J connectivity index is 2.79. The zero-order valence-corrected chi connectivity index (χ0v) is 8.32. The molecule has 1 atom stereocenters. The van der Waals surface area contributed by atoms with Crippen LogP contribution in [0.15, 0.2) is 18.2 Å². The summed E-state index contributed by atoms with van der Waals surface area (Å²) in [6.45, 7) is 1.86. The molecule has 0 aliphatic heterocycles. The van der Waals surface area contributed by atoms with E-state index in [1.165, 1.54) is 7.11 Å². The molecule has 4 heteroatoms. The Kier molecular flexibility index (Phi) is 3.73. The van der Waals surface area contributed by atoms with E-state index in [2.05, 4.69) is 5.48 Å². The van der Waals surface area contributed by atoms with Crippen molar-refractivity contribution >= 4 is 0 Å². The first-order valence-electron chi connectivity index (χ1n) is 4.43. The van der Waals surface area contributed by atoms with Gasteiger partial charge in [0, 0.05) is 6.04 Å². The maximum Gasteiger partial charge on any atom is 0.160 e. The summed E-state index contributed by atoms with van der Waals surface area (Å²) in [5, 5.41) is 18.0. The lowest BCUT2D eigenvalue weighted by Gasteiger charge is -2.10. The van der Waals surface area contributed by atoms with Gasteiger partial charge in [0.05, 0.1) is 7.11 Å². The Labute approximate surface area is 83.1 Å². The third-order valence-corrected chi connectivity index (χ3v) is 2.01. The van der Waals surface area contributed by atoms with Crippen LogP contribution in [0.2, 0.25) is 0 Å². The Morgan fingerprint density at radius 2 is 2.21 bits per heavy atom. The van der Waals surface area contributed by atoms with Crippen molar-refractivity contribution in [3.05, 3.63) is 23.8 Å². The van der Waals surface area contributed by atoms with E-state index in [1.54, 1.807) is 18.2 Å². The van der Waals surface area contributed by atoms with Crippen LogP contribution in [0, 0.1) is 0 Å². The van der Waals surface area contributed by atoms with E-state index in [0.29, 0.717) is 12.2 Å². The standard InChI is InChI=1S/C10H15NO3/c1-7(11-13)5-8-3-4-9(12)10(6-8)14-2/h3-4,6-7,11-13H,5H2,1-2H3. The highest BCUT2D eigenvalue weighted by Crippen LogP contribution is 2.26. The lowest BCUT2D eigenvalue weighted by molar-refractivity contribution is 0.133. The lowest BCUT2D eigenvalue weighted by Crippen LogP contribution is -2.24. The topological polar surface area (TPSA) is 61.7 Å². The molecule has 1 unspecified atom stereocenters. The molecule has 1 aromatic carbocycles. The van der Waals surface area contributed by atoms with Crippen molar-refractivity contribution in [3.63, 3.8) is 0 Å². The number of nitrogens with one attached hydrogen (secondary N) is 1. The Hall–Kier alpha value is -1.26. The minimum Gasteiger partial charge on any atom is -0.504 e. The fraction of sp³-hybridized carbons (Fsp3) is 0.400. The van der Waals surface area contributed by atoms with Crippen molar-refractivity contribution in [2.45, 2.75) is 19.4 Å². The first-order chi connectivity index (χ1) is 6.67. The predicted octanol–water partition coefficient (Wildman–Crippen LogP) is 1.31. The third-order valence-electron chi connectivity index (χ3n) is 2.01. The lowest BCUT2D eigenvalue weighted by atomic mass is 10.1.